The largest absolute Gasteiger partial charge is 0.372 e. The summed E-state index contributed by atoms with van der Waals surface area (Å²) in [4.78, 5) is 14.1. The second-order valence-corrected chi connectivity index (χ2v) is 3.73. The van der Waals surface area contributed by atoms with Gasteiger partial charge in [-0.15, -0.1) is 0 Å². The lowest BCUT2D eigenvalue weighted by Crippen LogP contribution is -2.22. The Morgan fingerprint density at radius 1 is 1.29 bits per heavy atom. The molecule has 1 aromatic carbocycles. The first-order valence-electron chi connectivity index (χ1n) is 4.39. The molecule has 0 unspecified atom stereocenters. The van der Waals surface area contributed by atoms with E-state index in [2.05, 4.69) is 0 Å². The van der Waals surface area contributed by atoms with Crippen molar-refractivity contribution >= 4 is 23.0 Å². The topological polar surface area (TPSA) is 20.3 Å². The number of ketones is 1. The molecule has 0 heterocycles. The van der Waals surface area contributed by atoms with Gasteiger partial charge in [-0.25, -0.2) is 0 Å². The molecule has 0 atom stereocenters. The van der Waals surface area contributed by atoms with Gasteiger partial charge >= 0.3 is 0 Å². The molecule has 0 aliphatic rings. The van der Waals surface area contributed by atoms with Gasteiger partial charge in [0.1, 0.15) is 0 Å². The van der Waals surface area contributed by atoms with Crippen molar-refractivity contribution < 1.29 is 4.79 Å². The molecule has 1 aromatic rings. The molecule has 0 amide bonds. The molecule has 0 saturated carbocycles. The highest BCUT2D eigenvalue weighted by atomic mass is 32.1. The van der Waals surface area contributed by atoms with E-state index in [9.17, 15) is 4.79 Å². The minimum absolute atomic E-state index is 0.0734. The highest BCUT2D eigenvalue weighted by Crippen LogP contribution is 2.04. The second-order valence-electron chi connectivity index (χ2n) is 3.25. The van der Waals surface area contributed by atoms with Gasteiger partial charge in [0.25, 0.3) is 0 Å². The maximum Gasteiger partial charge on any atom is 0.169 e. The maximum absolute atomic E-state index is 11.6. The third-order valence-electron chi connectivity index (χ3n) is 1.91. The van der Waals surface area contributed by atoms with Crippen LogP contribution in [0.25, 0.3) is 0 Å². The highest BCUT2D eigenvalue weighted by Gasteiger charge is 2.09. The average molecular weight is 207 g/mol. The van der Waals surface area contributed by atoms with Crippen molar-refractivity contribution in [1.29, 1.82) is 0 Å². The summed E-state index contributed by atoms with van der Waals surface area (Å²) in [6.45, 7) is 0. The summed E-state index contributed by atoms with van der Waals surface area (Å²) in [6, 6.07) is 9.21. The van der Waals surface area contributed by atoms with Crippen LogP contribution in [0.5, 0.6) is 0 Å². The Morgan fingerprint density at radius 3 is 2.36 bits per heavy atom. The molecule has 0 bridgehead atoms. The van der Waals surface area contributed by atoms with E-state index >= 15 is 0 Å². The standard InChI is InChI=1S/C11H13NOS/c1-12(2)11(14)8-10(13)9-6-4-3-5-7-9/h3-7H,8H2,1-2H3. The molecule has 1 rings (SSSR count). The quantitative estimate of drug-likeness (QED) is 0.559. The molecule has 0 saturated heterocycles. The first kappa shape index (κ1) is 10.9. The predicted molar refractivity (Wildman–Crippen MR) is 61.7 cm³/mol. The van der Waals surface area contributed by atoms with Crippen molar-refractivity contribution in [3.05, 3.63) is 35.9 Å². The van der Waals surface area contributed by atoms with Gasteiger partial charge in [-0.3, -0.25) is 4.79 Å². The van der Waals surface area contributed by atoms with Crippen LogP contribution in [0, 0.1) is 0 Å². The Morgan fingerprint density at radius 2 is 1.86 bits per heavy atom. The molecule has 2 nitrogen and oxygen atoms in total. The lowest BCUT2D eigenvalue weighted by molar-refractivity contribution is 0.0999. The minimum Gasteiger partial charge on any atom is -0.372 e. The molecule has 74 valence electrons. The average Bonchev–Trinajstić information content (AvgIpc) is 2.19. The van der Waals surface area contributed by atoms with Crippen LogP contribution in [0.1, 0.15) is 16.8 Å². The number of nitrogens with zero attached hydrogens (tertiary/aromatic N) is 1. The van der Waals surface area contributed by atoms with Gasteiger partial charge in [0.15, 0.2) is 5.78 Å². The summed E-state index contributed by atoms with van der Waals surface area (Å²) in [5, 5.41) is 0. The van der Waals surface area contributed by atoms with Crippen LogP contribution in [0.4, 0.5) is 0 Å². The molecule has 0 N–H and O–H groups in total. The van der Waals surface area contributed by atoms with Crippen LogP contribution >= 0.6 is 12.2 Å². The number of rotatable bonds is 3. The fraction of sp³-hybridized carbons (Fsp3) is 0.273. The summed E-state index contributed by atoms with van der Waals surface area (Å²) in [5.74, 6) is 0.0734. The minimum atomic E-state index is 0.0734. The second kappa shape index (κ2) is 4.86. The SMILES string of the molecule is CN(C)C(=S)CC(=O)c1ccccc1. The van der Waals surface area contributed by atoms with Crippen molar-refractivity contribution in [3.63, 3.8) is 0 Å². The molecule has 0 radical (unpaired) electrons. The Bertz CT molecular complexity index is 332. The van der Waals surface area contributed by atoms with E-state index in [4.69, 9.17) is 12.2 Å². The lowest BCUT2D eigenvalue weighted by Gasteiger charge is -2.12. The molecule has 3 heteroatoms. The third kappa shape index (κ3) is 2.92. The number of carbonyl (C=O) groups is 1. The number of thiocarbonyl (C=S) groups is 1. The normalized spacial score (nSPS) is 9.57. The predicted octanol–water partition coefficient (Wildman–Crippen LogP) is 2.15. The lowest BCUT2D eigenvalue weighted by atomic mass is 10.1. The fourth-order valence-corrected chi connectivity index (χ4v) is 1.15. The van der Waals surface area contributed by atoms with Crippen LogP contribution < -0.4 is 0 Å². The van der Waals surface area contributed by atoms with Crippen LogP contribution in [-0.4, -0.2) is 29.8 Å². The van der Waals surface area contributed by atoms with E-state index in [1.807, 2.05) is 32.3 Å². The summed E-state index contributed by atoms with van der Waals surface area (Å²) < 4.78 is 0. The first-order chi connectivity index (χ1) is 6.61. The van der Waals surface area contributed by atoms with Gasteiger partial charge in [-0.2, -0.15) is 0 Å². The van der Waals surface area contributed by atoms with Gasteiger partial charge in [0.05, 0.1) is 11.4 Å². The highest BCUT2D eigenvalue weighted by molar-refractivity contribution is 7.80. The first-order valence-corrected chi connectivity index (χ1v) is 4.80. The molecule has 0 aromatic heterocycles. The van der Waals surface area contributed by atoms with Gasteiger partial charge in [0, 0.05) is 19.7 Å². The zero-order valence-corrected chi connectivity index (χ0v) is 9.17. The van der Waals surface area contributed by atoms with Crippen molar-refractivity contribution in [2.24, 2.45) is 0 Å². The van der Waals surface area contributed by atoms with E-state index in [1.165, 1.54) is 0 Å². The van der Waals surface area contributed by atoms with Crippen LogP contribution in [0.15, 0.2) is 30.3 Å². The number of benzene rings is 1. The Labute approximate surface area is 89.5 Å². The molecule has 0 aliphatic carbocycles. The number of Topliss-reactive ketones (excluding diaryl/α,β-unsaturated/α-hetero) is 1. The van der Waals surface area contributed by atoms with E-state index in [1.54, 1.807) is 17.0 Å². The van der Waals surface area contributed by atoms with Crippen molar-refractivity contribution in [3.8, 4) is 0 Å². The van der Waals surface area contributed by atoms with Crippen molar-refractivity contribution in [1.82, 2.24) is 4.90 Å². The zero-order chi connectivity index (χ0) is 10.6. The maximum atomic E-state index is 11.6. The zero-order valence-electron chi connectivity index (χ0n) is 8.36. The monoisotopic (exact) mass is 207 g/mol. The Balaban J connectivity index is 2.65. The Kier molecular flexibility index (Phi) is 3.77. The Hall–Kier alpha value is -1.22. The van der Waals surface area contributed by atoms with Gasteiger partial charge in [-0.1, -0.05) is 42.5 Å². The number of carbonyl (C=O) groups excluding carboxylic acids is 1. The molecule has 0 fully saturated rings. The summed E-state index contributed by atoms with van der Waals surface area (Å²) in [6.07, 6.45) is 0.312. The third-order valence-corrected chi connectivity index (χ3v) is 2.42. The van der Waals surface area contributed by atoms with Crippen LogP contribution in [0.2, 0.25) is 0 Å². The molecule has 0 aliphatic heterocycles. The van der Waals surface area contributed by atoms with Gasteiger partial charge in [0.2, 0.25) is 0 Å². The van der Waals surface area contributed by atoms with E-state index in [-0.39, 0.29) is 5.78 Å². The number of hydrogen-bond donors (Lipinski definition) is 0. The summed E-state index contributed by atoms with van der Waals surface area (Å²) >= 11 is 5.06. The van der Waals surface area contributed by atoms with Gasteiger partial charge < -0.3 is 4.90 Å². The molecular formula is C11H13NOS. The van der Waals surface area contributed by atoms with E-state index in [0.717, 1.165) is 5.56 Å². The summed E-state index contributed by atoms with van der Waals surface area (Å²) in [7, 11) is 3.70. The van der Waals surface area contributed by atoms with Crippen molar-refractivity contribution in [2.75, 3.05) is 14.1 Å². The van der Waals surface area contributed by atoms with E-state index < -0.39 is 0 Å². The molecule has 14 heavy (non-hydrogen) atoms. The molecule has 0 spiro atoms. The smallest absolute Gasteiger partial charge is 0.169 e. The fourth-order valence-electron chi connectivity index (χ4n) is 1.02. The van der Waals surface area contributed by atoms with E-state index in [0.29, 0.717) is 11.4 Å². The number of hydrogen-bond acceptors (Lipinski definition) is 2. The van der Waals surface area contributed by atoms with Crippen LogP contribution in [0.3, 0.4) is 0 Å². The van der Waals surface area contributed by atoms with Crippen LogP contribution in [-0.2, 0) is 0 Å². The summed E-state index contributed by atoms with van der Waals surface area (Å²) in [5.41, 5.74) is 0.719. The molecular weight excluding hydrogens is 194 g/mol. The van der Waals surface area contributed by atoms with Crippen molar-refractivity contribution in [2.45, 2.75) is 6.42 Å². The van der Waals surface area contributed by atoms with Gasteiger partial charge in [-0.05, 0) is 0 Å².